The summed E-state index contributed by atoms with van der Waals surface area (Å²) in [4.78, 5) is 12.2. The third-order valence-corrected chi connectivity index (χ3v) is 6.15. The van der Waals surface area contributed by atoms with Crippen molar-refractivity contribution in [3.05, 3.63) is 71.0 Å². The zero-order chi connectivity index (χ0) is 20.8. The van der Waals surface area contributed by atoms with Gasteiger partial charge in [0.1, 0.15) is 0 Å². The number of aromatic nitrogens is 4. The molecule has 4 rings (SSSR count). The molecule has 3 aromatic heterocycles. The molecule has 0 N–H and O–H groups in total. The highest BCUT2D eigenvalue weighted by Gasteiger charge is 2.24. The van der Waals surface area contributed by atoms with Crippen molar-refractivity contribution >= 4 is 32.7 Å². The first-order valence-corrected chi connectivity index (χ1v) is 10.1. The maximum absolute atomic E-state index is 13.7. The summed E-state index contributed by atoms with van der Waals surface area (Å²) in [7, 11) is -3.97. The Bertz CT molecular complexity index is 1410. The van der Waals surface area contributed by atoms with E-state index in [0.29, 0.717) is 16.0 Å². The van der Waals surface area contributed by atoms with Gasteiger partial charge in [0, 0.05) is 23.3 Å². The Morgan fingerprint density at radius 3 is 2.59 bits per heavy atom. The van der Waals surface area contributed by atoms with Crippen LogP contribution in [0.3, 0.4) is 0 Å². The van der Waals surface area contributed by atoms with Crippen LogP contribution in [0.5, 0.6) is 0 Å². The minimum atomic E-state index is -3.97. The molecule has 4 aromatic rings. The maximum atomic E-state index is 13.7. The van der Waals surface area contributed by atoms with Crippen molar-refractivity contribution < 1.29 is 12.8 Å². The van der Waals surface area contributed by atoms with Crippen LogP contribution in [0.2, 0.25) is 5.02 Å². The molecule has 0 unspecified atom stereocenters. The average molecular weight is 427 g/mol. The largest absolute Gasteiger partial charge is 0.269 e. The fourth-order valence-electron chi connectivity index (χ4n) is 2.84. The second-order valence-electron chi connectivity index (χ2n) is 6.22. The van der Waals surface area contributed by atoms with Gasteiger partial charge in [-0.05, 0) is 31.0 Å². The number of rotatable bonds is 3. The lowest BCUT2D eigenvalue weighted by molar-refractivity contribution is 0.588. The van der Waals surface area contributed by atoms with Crippen LogP contribution in [0.25, 0.3) is 22.4 Å². The molecule has 3 heterocycles. The van der Waals surface area contributed by atoms with E-state index in [1.54, 1.807) is 18.2 Å². The fraction of sp³-hybridized carbons (Fsp3) is 0.0500. The third-order valence-electron chi connectivity index (χ3n) is 4.28. The normalized spacial score (nSPS) is 11.5. The summed E-state index contributed by atoms with van der Waals surface area (Å²) in [5, 5.41) is 0.686. The molecule has 144 valence electrons. The number of benzene rings is 1. The highest BCUT2D eigenvalue weighted by molar-refractivity contribution is 7.90. The number of halogens is 2. The van der Waals surface area contributed by atoms with E-state index in [-0.39, 0.29) is 22.1 Å². The van der Waals surface area contributed by atoms with Crippen LogP contribution in [-0.2, 0) is 10.0 Å². The highest BCUT2D eigenvalue weighted by atomic mass is 35.5. The van der Waals surface area contributed by atoms with E-state index < -0.39 is 15.8 Å². The number of fused-ring (bicyclic) bond motifs is 1. The van der Waals surface area contributed by atoms with Crippen LogP contribution < -0.4 is 0 Å². The summed E-state index contributed by atoms with van der Waals surface area (Å²) in [6, 6.07) is 7.97. The summed E-state index contributed by atoms with van der Waals surface area (Å²) in [6.45, 7) is 1.86. The summed E-state index contributed by atoms with van der Waals surface area (Å²) in [5.41, 5.74) is 1.14. The van der Waals surface area contributed by atoms with E-state index in [1.165, 1.54) is 24.5 Å². The molecule has 0 aliphatic heterocycles. The molecule has 0 fully saturated rings. The molecule has 0 amide bonds. The standard InChI is InChI=1S/C20H12ClFN4O2S/c1-3-18-17(22)10-23-19(25-18)16-11-26(20-15(16)8-13(21)9-24-20)29(27,28)14-6-4-12(2)5-7-14/h1,4-11H,2H3. The quantitative estimate of drug-likeness (QED) is 0.465. The van der Waals surface area contributed by atoms with Crippen LogP contribution in [0, 0.1) is 25.1 Å². The van der Waals surface area contributed by atoms with E-state index in [2.05, 4.69) is 20.9 Å². The topological polar surface area (TPSA) is 77.7 Å². The number of pyridine rings is 1. The van der Waals surface area contributed by atoms with Crippen LogP contribution in [0.1, 0.15) is 11.3 Å². The number of nitrogens with zero attached hydrogens (tertiary/aromatic N) is 4. The van der Waals surface area contributed by atoms with E-state index in [0.717, 1.165) is 15.7 Å². The summed E-state index contributed by atoms with van der Waals surface area (Å²) >= 11 is 6.07. The van der Waals surface area contributed by atoms with Gasteiger partial charge in [-0.25, -0.2) is 31.7 Å². The number of terminal acetylenes is 1. The van der Waals surface area contributed by atoms with E-state index >= 15 is 0 Å². The molecule has 0 aliphatic carbocycles. The van der Waals surface area contributed by atoms with Crippen molar-refractivity contribution in [2.45, 2.75) is 11.8 Å². The van der Waals surface area contributed by atoms with Crippen LogP contribution in [-0.4, -0.2) is 27.3 Å². The number of hydrogen-bond acceptors (Lipinski definition) is 5. The third kappa shape index (κ3) is 3.24. The Morgan fingerprint density at radius 2 is 1.90 bits per heavy atom. The molecule has 0 saturated carbocycles. The monoisotopic (exact) mass is 426 g/mol. The summed E-state index contributed by atoms with van der Waals surface area (Å²) < 4.78 is 41.2. The highest BCUT2D eigenvalue weighted by Crippen LogP contribution is 2.32. The van der Waals surface area contributed by atoms with Gasteiger partial charge in [0.15, 0.2) is 23.0 Å². The Kier molecular flexibility index (Phi) is 4.57. The molecule has 0 spiro atoms. The maximum Gasteiger partial charge on any atom is 0.269 e. The predicted molar refractivity (Wildman–Crippen MR) is 107 cm³/mol. The van der Waals surface area contributed by atoms with E-state index in [1.807, 2.05) is 6.92 Å². The van der Waals surface area contributed by atoms with Crippen molar-refractivity contribution in [2.75, 3.05) is 0 Å². The zero-order valence-electron chi connectivity index (χ0n) is 15.0. The van der Waals surface area contributed by atoms with Crippen LogP contribution >= 0.6 is 11.6 Å². The molecule has 0 saturated heterocycles. The van der Waals surface area contributed by atoms with Crippen LogP contribution in [0.15, 0.2) is 53.8 Å². The minimum absolute atomic E-state index is 0.0614. The van der Waals surface area contributed by atoms with Gasteiger partial charge >= 0.3 is 0 Å². The average Bonchev–Trinajstić information content (AvgIpc) is 3.08. The van der Waals surface area contributed by atoms with Crippen molar-refractivity contribution in [1.29, 1.82) is 0 Å². The molecule has 0 bridgehead atoms. The molecule has 1 aromatic carbocycles. The first-order valence-electron chi connectivity index (χ1n) is 8.29. The summed E-state index contributed by atoms with van der Waals surface area (Å²) in [5.74, 6) is 1.45. The molecule has 29 heavy (non-hydrogen) atoms. The Labute approximate surface area is 171 Å². The molecule has 0 atom stereocenters. The van der Waals surface area contributed by atoms with Crippen molar-refractivity contribution in [3.8, 4) is 23.7 Å². The first-order chi connectivity index (χ1) is 13.8. The lowest BCUT2D eigenvalue weighted by Gasteiger charge is -2.07. The van der Waals surface area contributed by atoms with Gasteiger partial charge < -0.3 is 0 Å². The minimum Gasteiger partial charge on any atom is -0.236 e. The van der Waals surface area contributed by atoms with Gasteiger partial charge in [0.05, 0.1) is 16.1 Å². The molecule has 9 heteroatoms. The lowest BCUT2D eigenvalue weighted by atomic mass is 10.2. The fourth-order valence-corrected chi connectivity index (χ4v) is 4.32. The van der Waals surface area contributed by atoms with Crippen molar-refractivity contribution in [1.82, 2.24) is 18.9 Å². The molecule has 0 aliphatic rings. The van der Waals surface area contributed by atoms with Gasteiger partial charge in [-0.2, -0.15) is 0 Å². The van der Waals surface area contributed by atoms with Gasteiger partial charge in [-0.15, -0.1) is 6.42 Å². The Hall–Kier alpha value is -3.28. The second kappa shape index (κ2) is 6.95. The molecular formula is C20H12ClFN4O2S. The number of aryl methyl sites for hydroxylation is 1. The van der Waals surface area contributed by atoms with E-state index in [9.17, 15) is 12.8 Å². The lowest BCUT2D eigenvalue weighted by Crippen LogP contribution is -2.12. The van der Waals surface area contributed by atoms with Gasteiger partial charge in [0.25, 0.3) is 10.0 Å². The zero-order valence-corrected chi connectivity index (χ0v) is 16.5. The Balaban J connectivity index is 2.01. The number of hydrogen-bond donors (Lipinski definition) is 0. The SMILES string of the molecule is C#Cc1nc(-c2cn(S(=O)(=O)c3ccc(C)cc3)c3ncc(Cl)cc23)ncc1F. The van der Waals surface area contributed by atoms with E-state index in [4.69, 9.17) is 18.0 Å². The summed E-state index contributed by atoms with van der Waals surface area (Å²) in [6.07, 6.45) is 8.89. The van der Waals surface area contributed by atoms with Gasteiger partial charge in [-0.3, -0.25) is 0 Å². The van der Waals surface area contributed by atoms with Crippen LogP contribution in [0.4, 0.5) is 4.39 Å². The first kappa shape index (κ1) is 19.1. The molecule has 0 radical (unpaired) electrons. The predicted octanol–water partition coefficient (Wildman–Crippen LogP) is 3.81. The van der Waals surface area contributed by atoms with Crippen molar-refractivity contribution in [2.24, 2.45) is 0 Å². The molecule has 6 nitrogen and oxygen atoms in total. The van der Waals surface area contributed by atoms with Crippen molar-refractivity contribution in [3.63, 3.8) is 0 Å². The van der Waals surface area contributed by atoms with Gasteiger partial charge in [0.2, 0.25) is 0 Å². The Morgan fingerprint density at radius 1 is 1.17 bits per heavy atom. The molecular weight excluding hydrogens is 415 g/mol. The smallest absolute Gasteiger partial charge is 0.236 e. The van der Waals surface area contributed by atoms with Gasteiger partial charge in [-0.1, -0.05) is 29.3 Å². The second-order valence-corrected chi connectivity index (χ2v) is 8.47.